The van der Waals surface area contributed by atoms with Gasteiger partial charge in [0.25, 0.3) is 0 Å². The van der Waals surface area contributed by atoms with Gasteiger partial charge in [-0.1, -0.05) is 59.3 Å². The molecule has 0 unspecified atom stereocenters. The summed E-state index contributed by atoms with van der Waals surface area (Å²) in [6, 6.07) is 0. The Hall–Kier alpha value is -1.24. The molecule has 0 aromatic carbocycles. The van der Waals surface area contributed by atoms with Crippen LogP contribution in [-0.2, 0) is 28.4 Å². The van der Waals surface area contributed by atoms with Crippen LogP contribution < -0.4 is 0 Å². The molecule has 378 valence electrons. The lowest BCUT2D eigenvalue weighted by Crippen LogP contribution is -2.68. The zero-order valence-corrected chi connectivity index (χ0v) is 39.4. The molecule has 18 nitrogen and oxygen atoms in total. The molecular formula is C48H78O18. The third kappa shape index (κ3) is 7.75. The molecule has 12 N–H and O–H groups in total. The van der Waals surface area contributed by atoms with Crippen molar-refractivity contribution in [2.75, 3.05) is 26.4 Å². The molecule has 18 heteroatoms. The van der Waals surface area contributed by atoms with Crippen LogP contribution in [0, 0.1) is 44.3 Å². The lowest BCUT2D eigenvalue weighted by Gasteiger charge is -2.70. The predicted octanol–water partition coefficient (Wildman–Crippen LogP) is -0.495. The van der Waals surface area contributed by atoms with Gasteiger partial charge in [-0.15, -0.1) is 0 Å². The van der Waals surface area contributed by atoms with Crippen molar-refractivity contribution in [2.24, 2.45) is 44.3 Å². The van der Waals surface area contributed by atoms with E-state index in [1.165, 1.54) is 11.1 Å². The molecular weight excluding hydrogens is 865 g/mol. The van der Waals surface area contributed by atoms with E-state index in [0.29, 0.717) is 25.7 Å². The highest BCUT2D eigenvalue weighted by atomic mass is 16.8. The summed E-state index contributed by atoms with van der Waals surface area (Å²) in [7, 11) is 0. The molecule has 24 atom stereocenters. The van der Waals surface area contributed by atoms with Gasteiger partial charge in [0.2, 0.25) is 0 Å². The van der Waals surface area contributed by atoms with Crippen molar-refractivity contribution in [1.29, 1.82) is 0 Å². The average Bonchev–Trinajstić information content (AvgIpc) is 3.27. The maximum Gasteiger partial charge on any atom is 0.187 e. The molecule has 5 aliphatic carbocycles. The number of fused-ring (bicyclic) bond motifs is 6. The molecule has 0 radical (unpaired) electrons. The fourth-order valence-electron chi connectivity index (χ4n) is 14.5. The van der Waals surface area contributed by atoms with Crippen molar-refractivity contribution in [2.45, 2.75) is 204 Å². The Morgan fingerprint density at radius 2 is 1.21 bits per heavy atom. The minimum absolute atomic E-state index is 0.0262. The van der Waals surface area contributed by atoms with Gasteiger partial charge in [-0.3, -0.25) is 0 Å². The number of aliphatic hydroxyl groups is 12. The van der Waals surface area contributed by atoms with E-state index in [2.05, 4.69) is 46.8 Å². The lowest BCUT2D eigenvalue weighted by molar-refractivity contribution is -0.398. The fraction of sp³-hybridized carbons (Fsp3) is 0.917. The molecule has 8 aliphatic rings. The van der Waals surface area contributed by atoms with Crippen molar-refractivity contribution >= 4 is 0 Å². The maximum atomic E-state index is 12.1. The van der Waals surface area contributed by atoms with Gasteiger partial charge in [0, 0.05) is 16.2 Å². The van der Waals surface area contributed by atoms with Gasteiger partial charge in [0.1, 0.15) is 67.1 Å². The molecule has 8 rings (SSSR count). The van der Waals surface area contributed by atoms with Crippen molar-refractivity contribution in [3.63, 3.8) is 0 Å². The first kappa shape index (κ1) is 51.1. The Bertz CT molecular complexity index is 1810. The van der Waals surface area contributed by atoms with Gasteiger partial charge in [-0.05, 0) is 91.9 Å². The van der Waals surface area contributed by atoms with Gasteiger partial charge in [-0.2, -0.15) is 0 Å². The van der Waals surface area contributed by atoms with Gasteiger partial charge in [0.15, 0.2) is 18.9 Å². The molecule has 0 bridgehead atoms. The first-order chi connectivity index (χ1) is 30.9. The van der Waals surface area contributed by atoms with Crippen molar-refractivity contribution < 1.29 is 89.7 Å². The first-order valence-corrected chi connectivity index (χ1v) is 24.1. The lowest BCUT2D eigenvalue weighted by atomic mass is 9.35. The summed E-state index contributed by atoms with van der Waals surface area (Å²) in [6.45, 7) is 13.1. The summed E-state index contributed by atoms with van der Waals surface area (Å²) in [5, 5.41) is 131. The third-order valence-electron chi connectivity index (χ3n) is 19.0. The smallest absolute Gasteiger partial charge is 0.187 e. The Morgan fingerprint density at radius 1 is 0.621 bits per heavy atom. The van der Waals surface area contributed by atoms with Crippen LogP contribution in [0.4, 0.5) is 0 Å². The van der Waals surface area contributed by atoms with E-state index >= 15 is 0 Å². The number of hydrogen-bond acceptors (Lipinski definition) is 18. The molecule has 0 aromatic rings. The summed E-state index contributed by atoms with van der Waals surface area (Å²) in [5.41, 5.74) is -0.168. The van der Waals surface area contributed by atoms with Crippen molar-refractivity contribution in [1.82, 2.24) is 0 Å². The standard InChI is InChI=1S/C48H78O18/c1-22-31(54)38(65-40-36(59)34(57)32(55)25(18-49)62-40)39(66-41-37(60)35(58)33(56)26(19-50)63-41)42(61-22)64-30-11-12-44(4)27(45(30,5)20-51)10-13-46(6)28(44)9-8-23-24-16-43(2,3)14-15-48(24,21-52)29(53)17-47(23,46)7/h8-9,22,25-42,49-60H,10-21H2,1-7H3/t22-,25-,26-,27-,28-,29+,30+,31+,32-,33-,34+,35+,36-,37-,38+,39-,40+,41+,42+,44+,45+,46-,47-,48-/m1/s1. The molecule has 66 heavy (non-hydrogen) atoms. The Morgan fingerprint density at radius 3 is 1.77 bits per heavy atom. The van der Waals surface area contributed by atoms with Crippen LogP contribution >= 0.6 is 0 Å². The largest absolute Gasteiger partial charge is 0.396 e. The topological polar surface area (TPSA) is 298 Å². The monoisotopic (exact) mass is 943 g/mol. The second-order valence-corrected chi connectivity index (χ2v) is 23.1. The predicted molar refractivity (Wildman–Crippen MR) is 231 cm³/mol. The van der Waals surface area contributed by atoms with Crippen LogP contribution in [0.15, 0.2) is 23.3 Å². The van der Waals surface area contributed by atoms with E-state index in [1.807, 2.05) is 6.92 Å². The van der Waals surface area contributed by atoms with Crippen LogP contribution in [0.1, 0.15) is 99.8 Å². The maximum absolute atomic E-state index is 12.1. The summed E-state index contributed by atoms with van der Waals surface area (Å²) < 4.78 is 37.1. The van der Waals surface area contributed by atoms with Crippen LogP contribution in [0.2, 0.25) is 0 Å². The zero-order valence-electron chi connectivity index (χ0n) is 39.4. The summed E-state index contributed by atoms with van der Waals surface area (Å²) in [6.07, 6.45) is -15.5. The summed E-state index contributed by atoms with van der Waals surface area (Å²) in [5.74, 6) is -0.0689. The fourth-order valence-corrected chi connectivity index (χ4v) is 14.5. The second kappa shape index (κ2) is 18.1. The normalized spacial score (nSPS) is 54.8. The van der Waals surface area contributed by atoms with Gasteiger partial charge >= 0.3 is 0 Å². The minimum Gasteiger partial charge on any atom is -0.396 e. The second-order valence-electron chi connectivity index (χ2n) is 23.1. The molecule has 6 fully saturated rings. The molecule has 3 saturated carbocycles. The average molecular weight is 943 g/mol. The highest BCUT2D eigenvalue weighted by Crippen LogP contribution is 2.74. The zero-order chi connectivity index (χ0) is 48.3. The van der Waals surface area contributed by atoms with E-state index in [0.717, 1.165) is 25.7 Å². The van der Waals surface area contributed by atoms with Crippen LogP contribution in [0.5, 0.6) is 0 Å². The van der Waals surface area contributed by atoms with Gasteiger partial charge < -0.3 is 89.7 Å². The number of ether oxygens (including phenoxy) is 6. The van der Waals surface area contributed by atoms with E-state index in [1.54, 1.807) is 6.92 Å². The third-order valence-corrected chi connectivity index (χ3v) is 19.0. The van der Waals surface area contributed by atoms with Gasteiger partial charge in [0.05, 0.1) is 44.7 Å². The minimum atomic E-state index is -1.89. The number of allylic oxidation sites excluding steroid dienone is 3. The first-order valence-electron chi connectivity index (χ1n) is 24.1. The molecule has 0 aromatic heterocycles. The highest BCUT2D eigenvalue weighted by molar-refractivity contribution is 5.47. The quantitative estimate of drug-likeness (QED) is 0.123. The molecule has 3 heterocycles. The van der Waals surface area contributed by atoms with Crippen LogP contribution in [-0.4, -0.2) is 192 Å². The SMILES string of the molecule is C[C@H]1O[C@@H](O[C@H]2CC[C@@]3(C)[C@@H](CC[C@]4(C)[C@@H]3C=CC3=C5CC(C)(C)CC[C@]5(CO)[C@@H](O)C[C@]34C)[C@]2(C)CO)[C@H](O[C@@H]2O[C@H](CO)[C@@H](O)[C@H](O)[C@H]2O)[C@@H](O[C@@H]2O[C@H](CO)[C@@H](O)[C@H](O)[C@H]2O)[C@H]1O. The number of aliphatic hydroxyl groups excluding tert-OH is 12. The molecule has 0 spiro atoms. The van der Waals surface area contributed by atoms with E-state index in [4.69, 9.17) is 28.4 Å². The van der Waals surface area contributed by atoms with Gasteiger partial charge in [-0.25, -0.2) is 0 Å². The Kier molecular flexibility index (Phi) is 14.0. The van der Waals surface area contributed by atoms with E-state index < -0.39 is 134 Å². The van der Waals surface area contributed by atoms with Crippen molar-refractivity contribution in [3.8, 4) is 0 Å². The molecule has 0 amide bonds. The van der Waals surface area contributed by atoms with Crippen LogP contribution in [0.25, 0.3) is 0 Å². The van der Waals surface area contributed by atoms with E-state index in [9.17, 15) is 61.3 Å². The summed E-state index contributed by atoms with van der Waals surface area (Å²) >= 11 is 0. The van der Waals surface area contributed by atoms with E-state index in [-0.39, 0.29) is 41.3 Å². The van der Waals surface area contributed by atoms with Crippen molar-refractivity contribution in [3.05, 3.63) is 23.3 Å². The highest BCUT2D eigenvalue weighted by Gasteiger charge is 2.69. The number of hydrogen-bond donors (Lipinski definition) is 12. The molecule has 3 saturated heterocycles. The number of rotatable bonds is 10. The van der Waals surface area contributed by atoms with Crippen LogP contribution in [0.3, 0.4) is 0 Å². The Balaban J connectivity index is 1.12. The summed E-state index contributed by atoms with van der Waals surface area (Å²) in [4.78, 5) is 0. The Labute approximate surface area is 387 Å². The molecule has 3 aliphatic heterocycles.